The molecule has 0 heterocycles. The van der Waals surface area contributed by atoms with Crippen LogP contribution >= 0.6 is 15.9 Å². The number of hydrogen-bond acceptors (Lipinski definition) is 3. The summed E-state index contributed by atoms with van der Waals surface area (Å²) in [6, 6.07) is 5.37. The van der Waals surface area contributed by atoms with Crippen molar-refractivity contribution in [1.82, 2.24) is 0 Å². The van der Waals surface area contributed by atoms with E-state index in [1.54, 1.807) is 12.1 Å². The third-order valence-electron chi connectivity index (χ3n) is 2.23. The SMILES string of the molecule is CCC(C)Oc1cc(Br)ccc1/C(N)=N/O. The summed E-state index contributed by atoms with van der Waals surface area (Å²) in [6.07, 6.45) is 0.974. The Hall–Kier alpha value is -1.23. The van der Waals surface area contributed by atoms with Crippen molar-refractivity contribution in [3.8, 4) is 5.75 Å². The van der Waals surface area contributed by atoms with Gasteiger partial charge in [0.05, 0.1) is 11.7 Å². The number of rotatable bonds is 4. The van der Waals surface area contributed by atoms with Crippen molar-refractivity contribution in [1.29, 1.82) is 0 Å². The molecule has 1 atom stereocenters. The van der Waals surface area contributed by atoms with E-state index in [2.05, 4.69) is 21.1 Å². The van der Waals surface area contributed by atoms with Crippen molar-refractivity contribution in [3.05, 3.63) is 28.2 Å². The second kappa shape index (κ2) is 5.75. The lowest BCUT2D eigenvalue weighted by Crippen LogP contribution is -2.17. The highest BCUT2D eigenvalue weighted by atomic mass is 79.9. The van der Waals surface area contributed by atoms with Crippen LogP contribution in [0.1, 0.15) is 25.8 Å². The van der Waals surface area contributed by atoms with Crippen LogP contribution in [-0.2, 0) is 0 Å². The molecule has 16 heavy (non-hydrogen) atoms. The first kappa shape index (κ1) is 12.8. The van der Waals surface area contributed by atoms with E-state index in [0.29, 0.717) is 11.3 Å². The fourth-order valence-corrected chi connectivity index (χ4v) is 1.50. The molecular weight excluding hydrogens is 272 g/mol. The Balaban J connectivity index is 3.08. The van der Waals surface area contributed by atoms with Crippen molar-refractivity contribution in [2.75, 3.05) is 0 Å². The number of hydrogen-bond donors (Lipinski definition) is 2. The molecule has 1 unspecified atom stereocenters. The van der Waals surface area contributed by atoms with E-state index in [1.165, 1.54) is 0 Å². The minimum Gasteiger partial charge on any atom is -0.490 e. The van der Waals surface area contributed by atoms with Crippen LogP contribution in [0.15, 0.2) is 27.8 Å². The lowest BCUT2D eigenvalue weighted by Gasteiger charge is -2.15. The molecule has 0 amide bonds. The smallest absolute Gasteiger partial charge is 0.173 e. The molecule has 5 heteroatoms. The Morgan fingerprint density at radius 1 is 1.62 bits per heavy atom. The first-order valence-electron chi connectivity index (χ1n) is 5.02. The number of nitrogens with zero attached hydrogens (tertiary/aromatic N) is 1. The van der Waals surface area contributed by atoms with Crippen LogP contribution in [0, 0.1) is 0 Å². The predicted molar refractivity (Wildman–Crippen MR) is 67.0 cm³/mol. The van der Waals surface area contributed by atoms with Crippen LogP contribution in [0.25, 0.3) is 0 Å². The van der Waals surface area contributed by atoms with Gasteiger partial charge >= 0.3 is 0 Å². The Labute approximate surface area is 103 Å². The minimum atomic E-state index is 0.0470. The summed E-state index contributed by atoms with van der Waals surface area (Å²) in [6.45, 7) is 4.00. The van der Waals surface area contributed by atoms with Gasteiger partial charge in [-0.05, 0) is 31.5 Å². The highest BCUT2D eigenvalue weighted by Gasteiger charge is 2.11. The summed E-state index contributed by atoms with van der Waals surface area (Å²) in [5.41, 5.74) is 6.16. The van der Waals surface area contributed by atoms with Crippen LogP contribution in [0.3, 0.4) is 0 Å². The molecule has 0 saturated carbocycles. The molecule has 1 aromatic rings. The van der Waals surface area contributed by atoms with Gasteiger partial charge in [0.1, 0.15) is 5.75 Å². The van der Waals surface area contributed by atoms with E-state index in [0.717, 1.165) is 10.9 Å². The Morgan fingerprint density at radius 2 is 2.31 bits per heavy atom. The molecule has 0 aliphatic carbocycles. The van der Waals surface area contributed by atoms with E-state index >= 15 is 0 Å². The van der Waals surface area contributed by atoms with Gasteiger partial charge in [0, 0.05) is 4.47 Å². The number of halogens is 1. The Morgan fingerprint density at radius 3 is 2.88 bits per heavy atom. The second-order valence-corrected chi connectivity index (χ2v) is 4.38. The molecule has 4 nitrogen and oxygen atoms in total. The maximum absolute atomic E-state index is 8.67. The Kier molecular flexibility index (Phi) is 4.61. The fourth-order valence-electron chi connectivity index (χ4n) is 1.16. The number of nitrogens with two attached hydrogens (primary N) is 1. The normalized spacial score (nSPS) is 13.6. The fraction of sp³-hybridized carbons (Fsp3) is 0.364. The number of ether oxygens (including phenoxy) is 1. The average molecular weight is 287 g/mol. The monoisotopic (exact) mass is 286 g/mol. The average Bonchev–Trinajstić information content (AvgIpc) is 2.28. The lowest BCUT2D eigenvalue weighted by atomic mass is 10.2. The van der Waals surface area contributed by atoms with Gasteiger partial charge in [0.25, 0.3) is 0 Å². The third-order valence-corrected chi connectivity index (χ3v) is 2.72. The molecular formula is C11H15BrN2O2. The van der Waals surface area contributed by atoms with E-state index in [-0.39, 0.29) is 11.9 Å². The van der Waals surface area contributed by atoms with Crippen LogP contribution in [0.4, 0.5) is 0 Å². The molecule has 0 fully saturated rings. The van der Waals surface area contributed by atoms with Gasteiger partial charge < -0.3 is 15.7 Å². The van der Waals surface area contributed by atoms with Crippen molar-refractivity contribution in [3.63, 3.8) is 0 Å². The maximum Gasteiger partial charge on any atom is 0.173 e. The van der Waals surface area contributed by atoms with Gasteiger partial charge in [0.15, 0.2) is 5.84 Å². The number of amidine groups is 1. The van der Waals surface area contributed by atoms with Crippen molar-refractivity contribution in [2.24, 2.45) is 10.9 Å². The van der Waals surface area contributed by atoms with Crippen LogP contribution in [-0.4, -0.2) is 17.1 Å². The van der Waals surface area contributed by atoms with E-state index < -0.39 is 0 Å². The van der Waals surface area contributed by atoms with Gasteiger partial charge in [-0.2, -0.15) is 0 Å². The highest BCUT2D eigenvalue weighted by molar-refractivity contribution is 9.10. The van der Waals surface area contributed by atoms with Gasteiger partial charge in [-0.25, -0.2) is 0 Å². The summed E-state index contributed by atoms with van der Waals surface area (Å²) in [4.78, 5) is 0. The molecule has 0 aromatic heterocycles. The van der Waals surface area contributed by atoms with Gasteiger partial charge in [-0.15, -0.1) is 0 Å². The largest absolute Gasteiger partial charge is 0.490 e. The highest BCUT2D eigenvalue weighted by Crippen LogP contribution is 2.25. The maximum atomic E-state index is 8.67. The van der Waals surface area contributed by atoms with Crippen LogP contribution in [0.2, 0.25) is 0 Å². The quantitative estimate of drug-likeness (QED) is 0.387. The molecule has 0 aliphatic rings. The zero-order valence-corrected chi connectivity index (χ0v) is 10.9. The van der Waals surface area contributed by atoms with Gasteiger partial charge in [-0.3, -0.25) is 0 Å². The van der Waals surface area contributed by atoms with Crippen molar-refractivity contribution < 1.29 is 9.94 Å². The molecule has 0 aliphatic heterocycles. The summed E-state index contributed by atoms with van der Waals surface area (Å²) < 4.78 is 6.59. The van der Waals surface area contributed by atoms with Crippen molar-refractivity contribution in [2.45, 2.75) is 26.4 Å². The second-order valence-electron chi connectivity index (χ2n) is 3.46. The topological polar surface area (TPSA) is 67.8 Å². The lowest BCUT2D eigenvalue weighted by molar-refractivity contribution is 0.216. The Bertz CT molecular complexity index is 394. The zero-order valence-electron chi connectivity index (χ0n) is 9.27. The standard InChI is InChI=1S/C11H15BrN2O2/c1-3-7(2)16-10-6-8(12)4-5-9(10)11(13)14-15/h4-7,15H,3H2,1-2H3,(H2,13,14). The third kappa shape index (κ3) is 3.13. The predicted octanol–water partition coefficient (Wildman–Crippen LogP) is 2.72. The summed E-state index contributed by atoms with van der Waals surface area (Å²) in [5.74, 6) is 0.657. The molecule has 1 aromatic carbocycles. The summed E-state index contributed by atoms with van der Waals surface area (Å²) in [7, 11) is 0. The number of oxime groups is 1. The number of benzene rings is 1. The van der Waals surface area contributed by atoms with Gasteiger partial charge in [0.2, 0.25) is 0 Å². The molecule has 0 bridgehead atoms. The summed E-state index contributed by atoms with van der Waals surface area (Å²) in [5, 5.41) is 11.7. The van der Waals surface area contributed by atoms with Gasteiger partial charge in [-0.1, -0.05) is 28.0 Å². The molecule has 88 valence electrons. The molecule has 0 radical (unpaired) electrons. The molecule has 0 spiro atoms. The van der Waals surface area contributed by atoms with Crippen LogP contribution < -0.4 is 10.5 Å². The molecule has 0 saturated heterocycles. The molecule has 1 rings (SSSR count). The first-order valence-corrected chi connectivity index (χ1v) is 5.81. The van der Waals surface area contributed by atoms with E-state index in [9.17, 15) is 0 Å². The summed E-state index contributed by atoms with van der Waals surface area (Å²) >= 11 is 3.36. The zero-order chi connectivity index (χ0) is 12.1. The van der Waals surface area contributed by atoms with E-state index in [1.807, 2.05) is 19.9 Å². The van der Waals surface area contributed by atoms with Crippen molar-refractivity contribution >= 4 is 21.8 Å². The first-order chi connectivity index (χ1) is 7.58. The van der Waals surface area contributed by atoms with Crippen LogP contribution in [0.5, 0.6) is 5.75 Å². The minimum absolute atomic E-state index is 0.0470. The molecule has 3 N–H and O–H groups in total. The van der Waals surface area contributed by atoms with E-state index in [4.69, 9.17) is 15.7 Å².